The van der Waals surface area contributed by atoms with Crippen LogP contribution in [0.1, 0.15) is 24.1 Å². The summed E-state index contributed by atoms with van der Waals surface area (Å²) in [5.41, 5.74) is 1.92. The number of carbonyl (C=O) groups is 2. The van der Waals surface area contributed by atoms with Gasteiger partial charge in [-0.1, -0.05) is 49.4 Å². The fraction of sp³-hybridized carbons (Fsp3) is 0.263. The molecule has 0 saturated carbocycles. The van der Waals surface area contributed by atoms with Gasteiger partial charge in [0.05, 0.1) is 0 Å². The molecule has 126 valence electrons. The third kappa shape index (κ3) is 4.84. The molecule has 2 amide bonds. The van der Waals surface area contributed by atoms with Gasteiger partial charge in [0.1, 0.15) is 11.8 Å². The molecule has 0 heterocycles. The fourth-order valence-electron chi connectivity index (χ4n) is 2.26. The number of nitrogens with one attached hydrogen (secondary N) is 2. The van der Waals surface area contributed by atoms with E-state index in [1.807, 2.05) is 42.5 Å². The van der Waals surface area contributed by atoms with Crippen LogP contribution in [-0.2, 0) is 16.0 Å². The Kier molecular flexibility index (Phi) is 6.37. The molecule has 2 aromatic carbocycles. The van der Waals surface area contributed by atoms with Gasteiger partial charge in [-0.25, -0.2) is 0 Å². The van der Waals surface area contributed by atoms with E-state index in [2.05, 4.69) is 17.6 Å². The summed E-state index contributed by atoms with van der Waals surface area (Å²) in [7, 11) is 1.54. The molecule has 0 radical (unpaired) electrons. The summed E-state index contributed by atoms with van der Waals surface area (Å²) in [6.45, 7) is 1.93. The highest BCUT2D eigenvalue weighted by molar-refractivity contribution is 5.88. The second-order valence-electron chi connectivity index (χ2n) is 5.31. The Morgan fingerprint density at radius 1 is 1.04 bits per heavy atom. The van der Waals surface area contributed by atoms with Crippen molar-refractivity contribution in [2.24, 2.45) is 0 Å². The Morgan fingerprint density at radius 2 is 1.71 bits per heavy atom. The molecule has 0 aliphatic carbocycles. The van der Waals surface area contributed by atoms with E-state index in [4.69, 9.17) is 4.74 Å². The zero-order chi connectivity index (χ0) is 17.4. The molecular formula is C19H22N2O3. The molecule has 0 fully saturated rings. The van der Waals surface area contributed by atoms with Gasteiger partial charge in [-0.05, 0) is 29.7 Å². The smallest absolute Gasteiger partial charge is 0.258 e. The first-order valence-electron chi connectivity index (χ1n) is 7.91. The molecule has 0 aromatic heterocycles. The first-order chi connectivity index (χ1) is 11.6. The van der Waals surface area contributed by atoms with Crippen LogP contribution >= 0.6 is 0 Å². The summed E-state index contributed by atoms with van der Waals surface area (Å²) in [4.78, 5) is 24.2. The Morgan fingerprint density at radius 3 is 2.29 bits per heavy atom. The minimum atomic E-state index is -0.741. The Labute approximate surface area is 142 Å². The van der Waals surface area contributed by atoms with Gasteiger partial charge in [-0.3, -0.25) is 9.59 Å². The number of aryl methyl sites for hydroxylation is 1. The predicted molar refractivity (Wildman–Crippen MR) is 92.7 cm³/mol. The van der Waals surface area contributed by atoms with Crippen molar-refractivity contribution in [3.05, 3.63) is 65.7 Å². The van der Waals surface area contributed by atoms with Crippen molar-refractivity contribution >= 4 is 11.8 Å². The second kappa shape index (κ2) is 8.72. The van der Waals surface area contributed by atoms with E-state index in [0.717, 1.165) is 12.0 Å². The van der Waals surface area contributed by atoms with Crippen molar-refractivity contribution in [2.75, 3.05) is 13.7 Å². The van der Waals surface area contributed by atoms with E-state index in [-0.39, 0.29) is 18.4 Å². The lowest BCUT2D eigenvalue weighted by Gasteiger charge is -2.18. The standard InChI is InChI=1S/C19H22N2O3/c1-3-14-9-11-16(12-10-14)24-13-17(22)21-18(19(23)20-2)15-7-5-4-6-8-15/h4-12,18H,3,13H2,1-2H3,(H,20,23)(H,21,22)/t18-/m0/s1. The van der Waals surface area contributed by atoms with Crippen molar-refractivity contribution in [1.29, 1.82) is 0 Å². The number of hydrogen-bond donors (Lipinski definition) is 2. The Bertz CT molecular complexity index is 669. The quantitative estimate of drug-likeness (QED) is 0.820. The van der Waals surface area contributed by atoms with Crippen molar-refractivity contribution in [2.45, 2.75) is 19.4 Å². The highest BCUT2D eigenvalue weighted by atomic mass is 16.5. The lowest BCUT2D eigenvalue weighted by Crippen LogP contribution is -2.40. The van der Waals surface area contributed by atoms with Crippen LogP contribution in [0, 0.1) is 0 Å². The average molecular weight is 326 g/mol. The summed E-state index contributed by atoms with van der Waals surface area (Å²) in [5.74, 6) is -0.00701. The predicted octanol–water partition coefficient (Wildman–Crippen LogP) is 2.23. The number of carbonyl (C=O) groups excluding carboxylic acids is 2. The first kappa shape index (κ1) is 17.5. The maximum Gasteiger partial charge on any atom is 0.258 e. The van der Waals surface area contributed by atoms with E-state index in [1.165, 1.54) is 12.6 Å². The summed E-state index contributed by atoms with van der Waals surface area (Å²) >= 11 is 0. The largest absolute Gasteiger partial charge is 0.484 e. The van der Waals surface area contributed by atoms with Crippen molar-refractivity contribution in [1.82, 2.24) is 10.6 Å². The van der Waals surface area contributed by atoms with Crippen molar-refractivity contribution in [3.63, 3.8) is 0 Å². The normalized spacial score (nSPS) is 11.4. The monoisotopic (exact) mass is 326 g/mol. The molecule has 5 nitrogen and oxygen atoms in total. The number of rotatable bonds is 7. The lowest BCUT2D eigenvalue weighted by atomic mass is 10.1. The fourth-order valence-corrected chi connectivity index (χ4v) is 2.26. The molecule has 0 unspecified atom stereocenters. The molecular weight excluding hydrogens is 304 g/mol. The molecule has 0 saturated heterocycles. The summed E-state index contributed by atoms with van der Waals surface area (Å²) in [6, 6.07) is 15.9. The molecule has 0 aliphatic rings. The van der Waals surface area contributed by atoms with E-state index in [0.29, 0.717) is 5.75 Å². The molecule has 2 aromatic rings. The summed E-state index contributed by atoms with van der Waals surface area (Å²) in [5, 5.41) is 5.26. The lowest BCUT2D eigenvalue weighted by molar-refractivity contribution is -0.129. The van der Waals surface area contributed by atoms with Crippen LogP contribution in [0.2, 0.25) is 0 Å². The molecule has 24 heavy (non-hydrogen) atoms. The topological polar surface area (TPSA) is 67.4 Å². The first-order valence-corrected chi connectivity index (χ1v) is 7.91. The molecule has 0 aliphatic heterocycles. The number of benzene rings is 2. The molecule has 1 atom stereocenters. The van der Waals surface area contributed by atoms with Gasteiger partial charge >= 0.3 is 0 Å². The van der Waals surface area contributed by atoms with Gasteiger partial charge in [0, 0.05) is 7.05 Å². The van der Waals surface area contributed by atoms with E-state index in [1.54, 1.807) is 12.1 Å². The summed E-state index contributed by atoms with van der Waals surface area (Å²) in [6.07, 6.45) is 0.950. The van der Waals surface area contributed by atoms with E-state index < -0.39 is 6.04 Å². The van der Waals surface area contributed by atoms with Crippen LogP contribution in [0.25, 0.3) is 0 Å². The van der Waals surface area contributed by atoms with Crippen LogP contribution in [0.5, 0.6) is 5.75 Å². The van der Waals surface area contributed by atoms with E-state index in [9.17, 15) is 9.59 Å². The number of ether oxygens (including phenoxy) is 1. The number of hydrogen-bond acceptors (Lipinski definition) is 3. The SMILES string of the molecule is CCc1ccc(OCC(=O)N[C@H](C(=O)NC)c2ccccc2)cc1. The molecule has 0 bridgehead atoms. The molecule has 5 heteroatoms. The van der Waals surface area contributed by atoms with Crippen LogP contribution in [0.4, 0.5) is 0 Å². The molecule has 2 rings (SSSR count). The third-order valence-corrected chi connectivity index (χ3v) is 3.65. The zero-order valence-electron chi connectivity index (χ0n) is 13.9. The van der Waals surface area contributed by atoms with Crippen molar-refractivity contribution < 1.29 is 14.3 Å². The van der Waals surface area contributed by atoms with Crippen LogP contribution in [0.15, 0.2) is 54.6 Å². The molecule has 2 N–H and O–H groups in total. The Hall–Kier alpha value is -2.82. The van der Waals surface area contributed by atoms with Gasteiger partial charge in [0.15, 0.2) is 6.61 Å². The minimum Gasteiger partial charge on any atom is -0.484 e. The number of likely N-dealkylation sites (N-methyl/N-ethyl adjacent to an activating group) is 1. The maximum absolute atomic E-state index is 12.1. The van der Waals surface area contributed by atoms with Gasteiger partial charge in [0.2, 0.25) is 5.91 Å². The van der Waals surface area contributed by atoms with Gasteiger partial charge < -0.3 is 15.4 Å². The van der Waals surface area contributed by atoms with Gasteiger partial charge in [0.25, 0.3) is 5.91 Å². The van der Waals surface area contributed by atoms with Gasteiger partial charge in [-0.15, -0.1) is 0 Å². The Balaban J connectivity index is 1.96. The second-order valence-corrected chi connectivity index (χ2v) is 5.31. The highest BCUT2D eigenvalue weighted by Crippen LogP contribution is 2.14. The molecule has 0 spiro atoms. The minimum absolute atomic E-state index is 0.147. The number of amides is 2. The average Bonchev–Trinajstić information content (AvgIpc) is 2.65. The van der Waals surface area contributed by atoms with Crippen LogP contribution in [0.3, 0.4) is 0 Å². The third-order valence-electron chi connectivity index (χ3n) is 3.65. The van der Waals surface area contributed by atoms with Crippen LogP contribution in [-0.4, -0.2) is 25.5 Å². The van der Waals surface area contributed by atoms with Crippen molar-refractivity contribution in [3.8, 4) is 5.75 Å². The highest BCUT2D eigenvalue weighted by Gasteiger charge is 2.21. The summed E-state index contributed by atoms with van der Waals surface area (Å²) < 4.78 is 5.47. The van der Waals surface area contributed by atoms with Crippen LogP contribution < -0.4 is 15.4 Å². The maximum atomic E-state index is 12.1. The van der Waals surface area contributed by atoms with E-state index >= 15 is 0 Å². The zero-order valence-corrected chi connectivity index (χ0v) is 13.9. The van der Waals surface area contributed by atoms with Gasteiger partial charge in [-0.2, -0.15) is 0 Å².